The molecule has 5 N–H and O–H groups in total. The molecule has 0 bridgehead atoms. The number of nitrogens with one attached hydrogen (secondary N) is 4. The number of piperazine rings is 1. The normalized spacial score (nSPS) is 19.1. The molecule has 2 fully saturated rings. The minimum absolute atomic E-state index is 0.0255. The molecule has 1 saturated carbocycles. The van der Waals surface area contributed by atoms with Crippen LogP contribution in [-0.2, 0) is 16.0 Å². The van der Waals surface area contributed by atoms with Gasteiger partial charge in [-0.05, 0) is 97.4 Å². The van der Waals surface area contributed by atoms with Crippen LogP contribution in [-0.4, -0.2) is 104 Å². The lowest BCUT2D eigenvalue weighted by Gasteiger charge is -2.38. The molecule has 1 aromatic carbocycles. The molecule has 0 spiro atoms. The van der Waals surface area contributed by atoms with Crippen molar-refractivity contribution in [2.24, 2.45) is 0 Å². The zero-order valence-electron chi connectivity index (χ0n) is 29.2. The van der Waals surface area contributed by atoms with Crippen molar-refractivity contribution >= 4 is 29.9 Å². The molecule has 1 aliphatic carbocycles. The second-order valence-corrected chi connectivity index (χ2v) is 14.4. The van der Waals surface area contributed by atoms with Crippen LogP contribution < -0.4 is 27.0 Å². The number of hydrogen-bond acceptors (Lipinski definition) is 8. The van der Waals surface area contributed by atoms with Crippen molar-refractivity contribution in [3.63, 3.8) is 0 Å². The second-order valence-electron chi connectivity index (χ2n) is 14.4. The fourth-order valence-corrected chi connectivity index (χ4v) is 6.16. The molecule has 1 atom stereocenters. The third-order valence-corrected chi connectivity index (χ3v) is 8.57. The smallest absolute Gasteiger partial charge is 0.408 e. The summed E-state index contributed by atoms with van der Waals surface area (Å²) in [5, 5.41) is 20.5. The van der Waals surface area contributed by atoms with Crippen LogP contribution in [0.1, 0.15) is 72.8 Å². The molecular weight excluding hydrogens is 632 g/mol. The largest absolute Gasteiger partial charge is 0.465 e. The lowest BCUT2D eigenvalue weighted by Crippen LogP contribution is -2.60. The summed E-state index contributed by atoms with van der Waals surface area (Å²) >= 11 is 0. The minimum atomic E-state index is -1.19. The molecule has 5 amide bonds. The summed E-state index contributed by atoms with van der Waals surface area (Å²) in [5.74, 6) is -0.161. The van der Waals surface area contributed by atoms with Gasteiger partial charge < -0.3 is 35.6 Å². The van der Waals surface area contributed by atoms with Gasteiger partial charge >= 0.3 is 23.9 Å². The quantitative estimate of drug-likeness (QED) is 0.265. The maximum atomic E-state index is 13.1. The van der Waals surface area contributed by atoms with Gasteiger partial charge in [-0.3, -0.25) is 14.7 Å². The van der Waals surface area contributed by atoms with Crippen LogP contribution in [0.2, 0.25) is 0 Å². The Morgan fingerprint density at radius 3 is 2.08 bits per heavy atom. The van der Waals surface area contributed by atoms with Crippen molar-refractivity contribution in [1.29, 1.82) is 0 Å². The predicted molar refractivity (Wildman–Crippen MR) is 184 cm³/mol. The molecule has 268 valence electrons. The van der Waals surface area contributed by atoms with Crippen molar-refractivity contribution in [3.05, 3.63) is 52.6 Å². The predicted octanol–water partition coefficient (Wildman–Crippen LogP) is 3.31. The number of ether oxygens (including phenoxy) is 1. The Kier molecular flexibility index (Phi) is 11.9. The number of anilines is 1. The van der Waals surface area contributed by atoms with Crippen molar-refractivity contribution < 1.29 is 29.0 Å². The molecule has 2 aromatic rings. The Bertz CT molecular complexity index is 1540. The molecule has 1 aliphatic heterocycles. The van der Waals surface area contributed by atoms with Gasteiger partial charge in [0.2, 0.25) is 5.91 Å². The van der Waals surface area contributed by atoms with Crippen molar-refractivity contribution in [2.75, 3.05) is 31.5 Å². The molecule has 2 heterocycles. The highest BCUT2D eigenvalue weighted by molar-refractivity contribution is 5.90. The van der Waals surface area contributed by atoms with E-state index in [-0.39, 0.29) is 50.0 Å². The molecule has 0 radical (unpaired) electrons. The van der Waals surface area contributed by atoms with E-state index < -0.39 is 35.0 Å². The zero-order chi connectivity index (χ0) is 35.9. The molecule has 15 heteroatoms. The highest BCUT2D eigenvalue weighted by Crippen LogP contribution is 2.20. The van der Waals surface area contributed by atoms with Gasteiger partial charge in [-0.25, -0.2) is 19.2 Å². The fourth-order valence-electron chi connectivity index (χ4n) is 6.16. The Morgan fingerprint density at radius 1 is 0.918 bits per heavy atom. The lowest BCUT2D eigenvalue weighted by atomic mass is 9.90. The maximum Gasteiger partial charge on any atom is 0.408 e. The van der Waals surface area contributed by atoms with E-state index >= 15 is 0 Å². The number of carbonyl (C=O) groups excluding carboxylic acids is 3. The first-order valence-electron chi connectivity index (χ1n) is 16.8. The highest BCUT2D eigenvalue weighted by atomic mass is 16.6. The van der Waals surface area contributed by atoms with Crippen LogP contribution >= 0.6 is 0 Å². The number of nitrogens with zero attached hydrogens (tertiary/aromatic N) is 4. The second kappa shape index (κ2) is 15.7. The van der Waals surface area contributed by atoms with Crippen molar-refractivity contribution in [1.82, 2.24) is 35.3 Å². The molecule has 49 heavy (non-hydrogen) atoms. The van der Waals surface area contributed by atoms with Gasteiger partial charge in [-0.1, -0.05) is 12.1 Å². The van der Waals surface area contributed by atoms with Gasteiger partial charge in [0.05, 0.1) is 5.69 Å². The van der Waals surface area contributed by atoms with Crippen molar-refractivity contribution in [2.45, 2.75) is 103 Å². The first kappa shape index (κ1) is 37.2. The van der Waals surface area contributed by atoms with Gasteiger partial charge in [-0.2, -0.15) is 4.98 Å². The Hall–Kier alpha value is -4.66. The summed E-state index contributed by atoms with van der Waals surface area (Å²) in [4.78, 5) is 69.2. The van der Waals surface area contributed by atoms with Crippen molar-refractivity contribution in [3.8, 4) is 5.69 Å². The summed E-state index contributed by atoms with van der Waals surface area (Å²) in [5.41, 5.74) is -0.669. The Labute approximate surface area is 286 Å². The number of aromatic nitrogens is 2. The minimum Gasteiger partial charge on any atom is -0.465 e. The summed E-state index contributed by atoms with van der Waals surface area (Å²) in [6.07, 6.45) is 4.22. The van der Waals surface area contributed by atoms with Gasteiger partial charge in [0.15, 0.2) is 0 Å². The topological polar surface area (TPSA) is 187 Å². The van der Waals surface area contributed by atoms with E-state index in [2.05, 4.69) is 33.2 Å². The molecule has 1 saturated heterocycles. The van der Waals surface area contributed by atoms with E-state index in [1.807, 2.05) is 24.3 Å². The van der Waals surface area contributed by atoms with Gasteiger partial charge in [0, 0.05) is 50.5 Å². The van der Waals surface area contributed by atoms with E-state index in [0.717, 1.165) is 37.7 Å². The average molecular weight is 683 g/mol. The van der Waals surface area contributed by atoms with Crippen LogP contribution in [0.3, 0.4) is 0 Å². The van der Waals surface area contributed by atoms with Gasteiger partial charge in [-0.15, -0.1) is 0 Å². The zero-order valence-corrected chi connectivity index (χ0v) is 29.2. The number of rotatable bonds is 9. The number of amides is 5. The van der Waals surface area contributed by atoms with E-state index in [1.54, 1.807) is 56.7 Å². The first-order chi connectivity index (χ1) is 23.0. The van der Waals surface area contributed by atoms with E-state index in [0.29, 0.717) is 11.7 Å². The molecule has 1 unspecified atom stereocenters. The molecular formula is C34H50N8O7. The molecule has 2 aliphatic rings. The van der Waals surface area contributed by atoms with Gasteiger partial charge in [0.25, 0.3) is 0 Å². The summed E-state index contributed by atoms with van der Waals surface area (Å²) in [6.45, 7) is 11.7. The molecule has 15 nitrogen and oxygen atoms in total. The average Bonchev–Trinajstić information content (AvgIpc) is 3.01. The van der Waals surface area contributed by atoms with E-state index in [9.17, 15) is 24.0 Å². The first-order valence-corrected chi connectivity index (χ1v) is 16.8. The number of hydrogen-bond donors (Lipinski definition) is 5. The fraction of sp³-hybridized carbons (Fsp3) is 0.588. The number of urea groups is 1. The van der Waals surface area contributed by atoms with E-state index in [4.69, 9.17) is 9.84 Å². The summed E-state index contributed by atoms with van der Waals surface area (Å²) in [6, 6.07) is 9.40. The third-order valence-electron chi connectivity index (χ3n) is 8.57. The van der Waals surface area contributed by atoms with Gasteiger partial charge in [0.1, 0.15) is 17.0 Å². The number of carboxylic acid groups (broad SMARTS) is 1. The van der Waals surface area contributed by atoms with Crippen LogP contribution in [0.4, 0.5) is 20.2 Å². The van der Waals surface area contributed by atoms with Crippen LogP contribution in [0.25, 0.3) is 5.69 Å². The SMILES string of the molecule is CC(Cc1ccc(-n2ccc(NC(=O)N3CCN(C(=O)C(C)(C)NC(=O)OC(C)(C)C)CC3)nc2=O)cc1)NC1CCC(NC(=O)O)CC1. The third kappa shape index (κ3) is 10.9. The van der Waals surface area contributed by atoms with Crippen LogP contribution in [0.15, 0.2) is 41.3 Å². The van der Waals surface area contributed by atoms with Crippen LogP contribution in [0, 0.1) is 0 Å². The highest BCUT2D eigenvalue weighted by Gasteiger charge is 2.37. The molecule has 4 rings (SSSR count). The van der Waals surface area contributed by atoms with E-state index in [1.165, 1.54) is 4.57 Å². The monoisotopic (exact) mass is 682 g/mol. The maximum absolute atomic E-state index is 13.1. The lowest BCUT2D eigenvalue weighted by molar-refractivity contribution is -0.138. The summed E-state index contributed by atoms with van der Waals surface area (Å²) < 4.78 is 6.68. The Balaban J connectivity index is 1.24. The molecule has 1 aromatic heterocycles. The number of benzene rings is 1. The summed E-state index contributed by atoms with van der Waals surface area (Å²) in [7, 11) is 0. The Morgan fingerprint density at radius 2 is 1.51 bits per heavy atom. The number of carbonyl (C=O) groups is 4. The number of alkyl carbamates (subject to hydrolysis) is 1. The van der Waals surface area contributed by atoms with Crippen LogP contribution in [0.5, 0.6) is 0 Å². The standard InChI is InChI=1S/C34H50N8O7/c1-22(35-24-9-11-25(12-10-24)36-31(46)47)21-23-7-13-26(14-8-23)42-16-15-27(38-30(42)45)37-29(44)41-19-17-40(18-20-41)28(43)34(5,6)39-32(48)49-33(2,3)4/h7-8,13-16,22,24-25,35-36H,9-12,17-21H2,1-6H3,(H,39,48)(H,46,47)(H,37,38,44,45).